The average molecular weight is 411 g/mol. The van der Waals surface area contributed by atoms with Gasteiger partial charge in [0, 0.05) is 41.6 Å². The molecule has 29 heavy (non-hydrogen) atoms. The van der Waals surface area contributed by atoms with Crippen molar-refractivity contribution in [1.82, 2.24) is 9.88 Å². The van der Waals surface area contributed by atoms with Gasteiger partial charge in [0.05, 0.1) is 5.56 Å². The zero-order valence-corrected chi connectivity index (χ0v) is 17.8. The van der Waals surface area contributed by atoms with E-state index in [2.05, 4.69) is 24.4 Å². The minimum atomic E-state index is -0.892. The molecular formula is C24H27ClN2O2. The first kappa shape index (κ1) is 21.2. The Bertz CT molecular complexity index is 996. The van der Waals surface area contributed by atoms with E-state index in [4.69, 9.17) is 11.6 Å². The fourth-order valence-corrected chi connectivity index (χ4v) is 3.99. The maximum atomic E-state index is 12.0. The Kier molecular flexibility index (Phi) is 6.78. The third kappa shape index (κ3) is 4.72. The van der Waals surface area contributed by atoms with Crippen LogP contribution in [0.25, 0.3) is 0 Å². The summed E-state index contributed by atoms with van der Waals surface area (Å²) in [5.41, 5.74) is 5.17. The molecule has 1 aromatic heterocycles. The van der Waals surface area contributed by atoms with Crippen molar-refractivity contribution in [3.63, 3.8) is 0 Å². The monoisotopic (exact) mass is 410 g/mol. The number of carboxylic acid groups (broad SMARTS) is 1. The van der Waals surface area contributed by atoms with Crippen LogP contribution in [0.4, 0.5) is 0 Å². The van der Waals surface area contributed by atoms with Crippen LogP contribution in [0.2, 0.25) is 5.02 Å². The average Bonchev–Trinajstić information content (AvgIpc) is 2.94. The van der Waals surface area contributed by atoms with E-state index in [-0.39, 0.29) is 0 Å². The smallest absolute Gasteiger partial charge is 0.337 e. The number of hydrogen-bond acceptors (Lipinski definition) is 2. The number of halogens is 1. The van der Waals surface area contributed by atoms with Gasteiger partial charge in [-0.1, -0.05) is 67.1 Å². The van der Waals surface area contributed by atoms with E-state index < -0.39 is 5.97 Å². The predicted molar refractivity (Wildman–Crippen MR) is 118 cm³/mol. The highest BCUT2D eigenvalue weighted by molar-refractivity contribution is 6.31. The van der Waals surface area contributed by atoms with Gasteiger partial charge in [0.1, 0.15) is 0 Å². The van der Waals surface area contributed by atoms with Gasteiger partial charge in [-0.15, -0.1) is 0 Å². The van der Waals surface area contributed by atoms with E-state index in [1.807, 2.05) is 60.9 Å². The number of nitrogens with one attached hydrogen (secondary N) is 1. The third-order valence-electron chi connectivity index (χ3n) is 5.53. The first-order chi connectivity index (χ1) is 13.9. The summed E-state index contributed by atoms with van der Waals surface area (Å²) in [6.45, 7) is 7.86. The highest BCUT2D eigenvalue weighted by Crippen LogP contribution is 2.26. The summed E-state index contributed by atoms with van der Waals surface area (Å²) in [6, 6.07) is 18.0. The summed E-state index contributed by atoms with van der Waals surface area (Å²) in [5, 5.41) is 14.0. The molecule has 5 heteroatoms. The highest BCUT2D eigenvalue weighted by atomic mass is 35.5. The van der Waals surface area contributed by atoms with Gasteiger partial charge >= 0.3 is 5.97 Å². The minimum absolute atomic E-state index is 0.344. The standard InChI is InChI=1S/C24H27ClN2O2/c1-16(19-9-5-4-6-10-19)13-26-14-21-17(2)27(18(3)23(21)24(28)29)15-20-11-7-8-12-22(20)25/h4-12,16,26H,13-15H2,1-3H3,(H,28,29)/t16-/m0/s1. The molecule has 1 atom stereocenters. The van der Waals surface area contributed by atoms with Gasteiger partial charge in [-0.25, -0.2) is 4.79 Å². The normalized spacial score (nSPS) is 12.1. The van der Waals surface area contributed by atoms with Crippen LogP contribution in [0.15, 0.2) is 54.6 Å². The first-order valence-corrected chi connectivity index (χ1v) is 10.2. The summed E-state index contributed by atoms with van der Waals surface area (Å²) in [5.74, 6) is -0.549. The molecule has 2 N–H and O–H groups in total. The van der Waals surface area contributed by atoms with E-state index >= 15 is 0 Å². The fourth-order valence-electron chi connectivity index (χ4n) is 3.80. The zero-order valence-electron chi connectivity index (χ0n) is 17.1. The van der Waals surface area contributed by atoms with Crippen molar-refractivity contribution in [2.75, 3.05) is 6.54 Å². The van der Waals surface area contributed by atoms with Crippen molar-refractivity contribution in [2.45, 2.75) is 39.8 Å². The third-order valence-corrected chi connectivity index (χ3v) is 5.90. The first-order valence-electron chi connectivity index (χ1n) is 9.81. The molecular weight excluding hydrogens is 384 g/mol. The Labute approximate surface area is 177 Å². The number of benzene rings is 2. The molecule has 0 aliphatic rings. The molecule has 0 bridgehead atoms. The predicted octanol–water partition coefficient (Wildman–Crippen LogP) is 5.40. The Morgan fingerprint density at radius 3 is 2.38 bits per heavy atom. The van der Waals surface area contributed by atoms with Gasteiger partial charge < -0.3 is 15.0 Å². The number of carbonyl (C=O) groups is 1. The van der Waals surface area contributed by atoms with Gasteiger partial charge in [-0.3, -0.25) is 0 Å². The summed E-state index contributed by atoms with van der Waals surface area (Å²) in [7, 11) is 0. The van der Waals surface area contributed by atoms with Gasteiger partial charge in [-0.05, 0) is 37.0 Å². The largest absolute Gasteiger partial charge is 0.478 e. The van der Waals surface area contributed by atoms with Crippen LogP contribution in [0.3, 0.4) is 0 Å². The fraction of sp³-hybridized carbons (Fsp3) is 0.292. The van der Waals surface area contributed by atoms with E-state index in [0.717, 1.165) is 29.1 Å². The Morgan fingerprint density at radius 1 is 1.07 bits per heavy atom. The Balaban J connectivity index is 1.81. The highest BCUT2D eigenvalue weighted by Gasteiger charge is 2.23. The van der Waals surface area contributed by atoms with Crippen LogP contribution < -0.4 is 5.32 Å². The van der Waals surface area contributed by atoms with Crippen molar-refractivity contribution in [2.24, 2.45) is 0 Å². The van der Waals surface area contributed by atoms with E-state index in [1.165, 1.54) is 5.56 Å². The van der Waals surface area contributed by atoms with Crippen LogP contribution >= 0.6 is 11.6 Å². The van der Waals surface area contributed by atoms with E-state index in [0.29, 0.717) is 29.6 Å². The molecule has 0 aliphatic carbocycles. The SMILES string of the molecule is Cc1c(CNC[C@H](C)c2ccccc2)c(C(=O)O)c(C)n1Cc1ccccc1Cl. The lowest BCUT2D eigenvalue weighted by molar-refractivity contribution is 0.0694. The van der Waals surface area contributed by atoms with Crippen LogP contribution in [0, 0.1) is 13.8 Å². The van der Waals surface area contributed by atoms with Crippen LogP contribution in [0.5, 0.6) is 0 Å². The summed E-state index contributed by atoms with van der Waals surface area (Å²) < 4.78 is 2.04. The number of nitrogens with zero attached hydrogens (tertiary/aromatic N) is 1. The van der Waals surface area contributed by atoms with Crippen molar-refractivity contribution < 1.29 is 9.90 Å². The number of aromatic nitrogens is 1. The number of carboxylic acids is 1. The van der Waals surface area contributed by atoms with Crippen LogP contribution in [-0.2, 0) is 13.1 Å². The molecule has 1 heterocycles. The quantitative estimate of drug-likeness (QED) is 0.522. The maximum absolute atomic E-state index is 12.0. The molecule has 0 fully saturated rings. The second-order valence-corrected chi connectivity index (χ2v) is 7.86. The molecule has 4 nitrogen and oxygen atoms in total. The molecule has 3 rings (SSSR count). The van der Waals surface area contributed by atoms with Crippen molar-refractivity contribution in [3.05, 3.63) is 93.3 Å². The number of rotatable bonds is 8. The molecule has 0 saturated carbocycles. The van der Waals surface area contributed by atoms with Crippen molar-refractivity contribution in [1.29, 1.82) is 0 Å². The van der Waals surface area contributed by atoms with Gasteiger partial charge in [0.2, 0.25) is 0 Å². The molecule has 2 aromatic carbocycles. The van der Waals surface area contributed by atoms with Gasteiger partial charge in [0.25, 0.3) is 0 Å². The lowest BCUT2D eigenvalue weighted by Gasteiger charge is -2.14. The molecule has 3 aromatic rings. The number of hydrogen-bond donors (Lipinski definition) is 2. The summed E-state index contributed by atoms with van der Waals surface area (Å²) in [4.78, 5) is 12.0. The topological polar surface area (TPSA) is 54.3 Å². The van der Waals surface area contributed by atoms with E-state index in [9.17, 15) is 9.90 Å². The van der Waals surface area contributed by atoms with Crippen molar-refractivity contribution >= 4 is 17.6 Å². The van der Waals surface area contributed by atoms with E-state index in [1.54, 1.807) is 0 Å². The molecule has 0 amide bonds. The summed E-state index contributed by atoms with van der Waals surface area (Å²) >= 11 is 6.32. The molecule has 0 saturated heterocycles. The van der Waals surface area contributed by atoms with Gasteiger partial charge in [0.15, 0.2) is 0 Å². The summed E-state index contributed by atoms with van der Waals surface area (Å²) in [6.07, 6.45) is 0. The molecule has 0 unspecified atom stereocenters. The molecule has 0 radical (unpaired) electrons. The Morgan fingerprint density at radius 2 is 1.72 bits per heavy atom. The van der Waals surface area contributed by atoms with Crippen LogP contribution in [-0.4, -0.2) is 22.2 Å². The lowest BCUT2D eigenvalue weighted by atomic mass is 10.0. The molecule has 152 valence electrons. The second-order valence-electron chi connectivity index (χ2n) is 7.45. The lowest BCUT2D eigenvalue weighted by Crippen LogP contribution is -2.21. The van der Waals surface area contributed by atoms with Crippen LogP contribution in [0.1, 0.15) is 51.3 Å². The van der Waals surface area contributed by atoms with Crippen molar-refractivity contribution in [3.8, 4) is 0 Å². The zero-order chi connectivity index (χ0) is 21.0. The number of aromatic carboxylic acids is 1. The molecule has 0 spiro atoms. The van der Waals surface area contributed by atoms with Gasteiger partial charge in [-0.2, -0.15) is 0 Å². The second kappa shape index (κ2) is 9.29. The molecule has 0 aliphatic heterocycles. The minimum Gasteiger partial charge on any atom is -0.478 e. The Hall–Kier alpha value is -2.56. The maximum Gasteiger partial charge on any atom is 0.337 e.